The molecule has 1 N–H and O–H groups in total. The molecule has 0 unspecified atom stereocenters. The summed E-state index contributed by atoms with van der Waals surface area (Å²) in [6, 6.07) is 5.90. The second-order valence-corrected chi connectivity index (χ2v) is 5.17. The van der Waals surface area contributed by atoms with Gasteiger partial charge in [0.1, 0.15) is 5.71 Å². The van der Waals surface area contributed by atoms with Crippen molar-refractivity contribution in [3.8, 4) is 0 Å². The van der Waals surface area contributed by atoms with Gasteiger partial charge in [-0.2, -0.15) is 0 Å². The summed E-state index contributed by atoms with van der Waals surface area (Å²) in [4.78, 5) is 11.8. The van der Waals surface area contributed by atoms with Crippen molar-refractivity contribution < 1.29 is 10.0 Å². The molecule has 16 heavy (non-hydrogen) atoms. The van der Waals surface area contributed by atoms with Crippen LogP contribution in [0.5, 0.6) is 0 Å². The zero-order valence-corrected chi connectivity index (χ0v) is 9.74. The highest BCUT2D eigenvalue weighted by molar-refractivity contribution is 6.49. The minimum absolute atomic E-state index is 0.0222. The van der Waals surface area contributed by atoms with E-state index >= 15 is 0 Å². The van der Waals surface area contributed by atoms with Gasteiger partial charge in [0.05, 0.1) is 0 Å². The first-order valence-electron chi connectivity index (χ1n) is 5.32. The fourth-order valence-electron chi connectivity index (χ4n) is 1.91. The lowest BCUT2D eigenvalue weighted by molar-refractivity contribution is 0.106. The topological polar surface area (TPSA) is 49.7 Å². The standard InChI is InChI=1S/C13H15NO2/c1-13(2,3)9-5-4-8-6-11(14-16)12(15)10(8)7-9/h4-5,7,16H,6H2,1-3H3. The molecular formula is C13H15NO2. The number of Topliss-reactive ketones (excluding diaryl/α,β-unsaturated/α-hetero) is 1. The number of rotatable bonds is 0. The van der Waals surface area contributed by atoms with Crippen molar-refractivity contribution in [1.29, 1.82) is 0 Å². The highest BCUT2D eigenvalue weighted by atomic mass is 16.4. The third-order valence-electron chi connectivity index (χ3n) is 2.96. The van der Waals surface area contributed by atoms with Crippen LogP contribution in [-0.4, -0.2) is 16.7 Å². The lowest BCUT2D eigenvalue weighted by Gasteiger charge is -2.19. The Labute approximate surface area is 94.8 Å². The number of hydrogen-bond donors (Lipinski definition) is 1. The molecule has 3 nitrogen and oxygen atoms in total. The van der Waals surface area contributed by atoms with Crippen molar-refractivity contribution in [3.63, 3.8) is 0 Å². The molecule has 0 aromatic heterocycles. The molecular weight excluding hydrogens is 202 g/mol. The molecule has 1 aliphatic rings. The maximum atomic E-state index is 11.8. The maximum Gasteiger partial charge on any atom is 0.211 e. The summed E-state index contributed by atoms with van der Waals surface area (Å²) >= 11 is 0. The molecule has 1 aromatic rings. The van der Waals surface area contributed by atoms with Crippen LogP contribution in [0.25, 0.3) is 0 Å². The van der Waals surface area contributed by atoms with Gasteiger partial charge in [0.15, 0.2) is 0 Å². The van der Waals surface area contributed by atoms with Gasteiger partial charge in [-0.1, -0.05) is 38.1 Å². The molecule has 0 radical (unpaired) electrons. The number of oxime groups is 1. The summed E-state index contributed by atoms with van der Waals surface area (Å²) in [5.74, 6) is -0.149. The molecule has 2 rings (SSSR count). The highest BCUT2D eigenvalue weighted by Crippen LogP contribution is 2.28. The maximum absolute atomic E-state index is 11.8. The number of nitrogens with zero attached hydrogens (tertiary/aromatic N) is 1. The van der Waals surface area contributed by atoms with Gasteiger partial charge in [-0.05, 0) is 22.6 Å². The molecule has 0 spiro atoms. The monoisotopic (exact) mass is 217 g/mol. The molecule has 3 heteroatoms. The van der Waals surface area contributed by atoms with Crippen molar-refractivity contribution in [2.24, 2.45) is 5.16 Å². The molecule has 1 aliphatic carbocycles. The van der Waals surface area contributed by atoms with Crippen LogP contribution < -0.4 is 0 Å². The van der Waals surface area contributed by atoms with Crippen LogP contribution >= 0.6 is 0 Å². The summed E-state index contributed by atoms with van der Waals surface area (Å²) < 4.78 is 0. The third kappa shape index (κ3) is 1.62. The predicted molar refractivity (Wildman–Crippen MR) is 62.4 cm³/mol. The summed E-state index contributed by atoms with van der Waals surface area (Å²) in [6.45, 7) is 6.32. The Kier molecular flexibility index (Phi) is 2.34. The van der Waals surface area contributed by atoms with Crippen LogP contribution in [0.3, 0.4) is 0 Å². The number of fused-ring (bicyclic) bond motifs is 1. The van der Waals surface area contributed by atoms with E-state index in [0.29, 0.717) is 12.0 Å². The zero-order valence-electron chi connectivity index (χ0n) is 9.74. The Morgan fingerprint density at radius 3 is 2.56 bits per heavy atom. The summed E-state index contributed by atoms with van der Waals surface area (Å²) in [6.07, 6.45) is 0.440. The average molecular weight is 217 g/mol. The normalized spacial score (nSPS) is 17.9. The van der Waals surface area contributed by atoms with Crippen molar-refractivity contribution >= 4 is 11.5 Å². The van der Waals surface area contributed by atoms with E-state index in [1.807, 2.05) is 18.2 Å². The molecule has 0 heterocycles. The Hall–Kier alpha value is -1.64. The Morgan fingerprint density at radius 2 is 2.00 bits per heavy atom. The quantitative estimate of drug-likeness (QED) is 0.536. The van der Waals surface area contributed by atoms with E-state index in [9.17, 15) is 4.79 Å². The van der Waals surface area contributed by atoms with Gasteiger partial charge in [-0.3, -0.25) is 4.79 Å². The van der Waals surface area contributed by atoms with Gasteiger partial charge < -0.3 is 5.21 Å². The summed E-state index contributed by atoms with van der Waals surface area (Å²) in [5.41, 5.74) is 3.01. The zero-order chi connectivity index (χ0) is 11.9. The number of hydrogen-bond acceptors (Lipinski definition) is 3. The van der Waals surface area contributed by atoms with Gasteiger partial charge in [-0.25, -0.2) is 0 Å². The summed E-state index contributed by atoms with van der Waals surface area (Å²) in [7, 11) is 0. The number of benzene rings is 1. The lowest BCUT2D eigenvalue weighted by atomic mass is 9.85. The SMILES string of the molecule is CC(C)(C)c1ccc2c(c1)C(=O)C(=NO)C2. The second-order valence-electron chi connectivity index (χ2n) is 5.17. The Morgan fingerprint density at radius 1 is 1.31 bits per heavy atom. The smallest absolute Gasteiger partial charge is 0.211 e. The largest absolute Gasteiger partial charge is 0.411 e. The first kappa shape index (κ1) is 10.9. The Bertz CT molecular complexity index is 481. The lowest BCUT2D eigenvalue weighted by Crippen LogP contribution is -2.12. The van der Waals surface area contributed by atoms with Gasteiger partial charge in [0, 0.05) is 12.0 Å². The molecule has 0 amide bonds. The minimum Gasteiger partial charge on any atom is -0.411 e. The van der Waals surface area contributed by atoms with E-state index in [2.05, 4.69) is 25.9 Å². The van der Waals surface area contributed by atoms with Crippen molar-refractivity contribution in [1.82, 2.24) is 0 Å². The van der Waals surface area contributed by atoms with E-state index in [0.717, 1.165) is 11.1 Å². The van der Waals surface area contributed by atoms with Crippen LogP contribution in [0, 0.1) is 0 Å². The molecule has 84 valence electrons. The fourth-order valence-corrected chi connectivity index (χ4v) is 1.91. The van der Waals surface area contributed by atoms with E-state index in [1.165, 1.54) is 0 Å². The molecule has 1 aromatic carbocycles. The van der Waals surface area contributed by atoms with Crippen LogP contribution in [0.2, 0.25) is 0 Å². The first-order valence-corrected chi connectivity index (χ1v) is 5.32. The van der Waals surface area contributed by atoms with E-state index < -0.39 is 0 Å². The number of carbonyl (C=O) groups excluding carboxylic acids is 1. The van der Waals surface area contributed by atoms with Crippen LogP contribution in [0.4, 0.5) is 0 Å². The average Bonchev–Trinajstić information content (AvgIpc) is 2.54. The van der Waals surface area contributed by atoms with E-state index in [-0.39, 0.29) is 16.9 Å². The van der Waals surface area contributed by atoms with Crippen molar-refractivity contribution in [3.05, 3.63) is 34.9 Å². The Balaban J connectivity index is 2.51. The molecule has 0 aliphatic heterocycles. The number of ketones is 1. The molecule has 0 saturated heterocycles. The second kappa shape index (κ2) is 3.44. The molecule has 0 fully saturated rings. The minimum atomic E-state index is -0.149. The van der Waals surface area contributed by atoms with Crippen LogP contribution in [0.15, 0.2) is 23.4 Å². The third-order valence-corrected chi connectivity index (χ3v) is 2.96. The summed E-state index contributed by atoms with van der Waals surface area (Å²) in [5, 5.41) is 11.7. The van der Waals surface area contributed by atoms with Crippen LogP contribution in [0.1, 0.15) is 42.3 Å². The predicted octanol–water partition coefficient (Wildman–Crippen LogP) is 2.55. The molecule has 0 saturated carbocycles. The van der Waals surface area contributed by atoms with Crippen molar-refractivity contribution in [2.75, 3.05) is 0 Å². The number of carbonyl (C=O) groups is 1. The van der Waals surface area contributed by atoms with E-state index in [4.69, 9.17) is 5.21 Å². The van der Waals surface area contributed by atoms with Gasteiger partial charge in [0.25, 0.3) is 0 Å². The van der Waals surface area contributed by atoms with Crippen LogP contribution in [-0.2, 0) is 11.8 Å². The first-order chi connectivity index (χ1) is 7.43. The van der Waals surface area contributed by atoms with Gasteiger partial charge in [-0.15, -0.1) is 0 Å². The fraction of sp³-hybridized carbons (Fsp3) is 0.385. The molecule has 0 atom stereocenters. The highest BCUT2D eigenvalue weighted by Gasteiger charge is 2.28. The van der Waals surface area contributed by atoms with E-state index in [1.54, 1.807) is 0 Å². The molecule has 0 bridgehead atoms. The van der Waals surface area contributed by atoms with Crippen molar-refractivity contribution in [2.45, 2.75) is 32.6 Å². The van der Waals surface area contributed by atoms with Gasteiger partial charge >= 0.3 is 0 Å². The van der Waals surface area contributed by atoms with Gasteiger partial charge in [0.2, 0.25) is 5.78 Å².